The maximum Gasteiger partial charge on any atom is 0.157 e. The predicted molar refractivity (Wildman–Crippen MR) is 71.5 cm³/mol. The lowest BCUT2D eigenvalue weighted by Gasteiger charge is -2.09. The summed E-state index contributed by atoms with van der Waals surface area (Å²) in [6.07, 6.45) is 3.68. The Balaban J connectivity index is 1.87. The summed E-state index contributed by atoms with van der Waals surface area (Å²) in [6, 6.07) is 10.5. The molecule has 0 radical (unpaired) electrons. The van der Waals surface area contributed by atoms with Crippen LogP contribution in [0.3, 0.4) is 0 Å². The molecular formula is C14H19N3O. The standard InChI is InChI=1S/C14H19N3O/c1-12(15-2)9-17-10-14(8-16-17)18-11-13-6-4-3-5-7-13/h3-8,10,12,15H,9,11H2,1-2H3. The number of nitrogens with one attached hydrogen (secondary N) is 1. The lowest BCUT2D eigenvalue weighted by Crippen LogP contribution is -2.26. The molecule has 0 aliphatic heterocycles. The molecule has 2 rings (SSSR count). The Kier molecular flexibility index (Phi) is 4.36. The second-order valence-electron chi connectivity index (χ2n) is 4.36. The van der Waals surface area contributed by atoms with E-state index in [1.165, 1.54) is 0 Å². The number of rotatable bonds is 6. The minimum Gasteiger partial charge on any atom is -0.486 e. The van der Waals surface area contributed by atoms with E-state index in [-0.39, 0.29) is 0 Å². The van der Waals surface area contributed by atoms with Crippen molar-refractivity contribution >= 4 is 0 Å². The van der Waals surface area contributed by atoms with Crippen LogP contribution in [0.1, 0.15) is 12.5 Å². The average Bonchev–Trinajstić information content (AvgIpc) is 2.85. The van der Waals surface area contributed by atoms with Crippen LogP contribution in [0.15, 0.2) is 42.7 Å². The molecule has 1 atom stereocenters. The second kappa shape index (κ2) is 6.21. The first-order chi connectivity index (χ1) is 8.78. The number of benzene rings is 1. The molecule has 4 heteroatoms. The Morgan fingerprint density at radius 1 is 1.33 bits per heavy atom. The fourth-order valence-corrected chi connectivity index (χ4v) is 1.63. The molecule has 0 bridgehead atoms. The number of likely N-dealkylation sites (N-methyl/N-ethyl adjacent to an activating group) is 1. The number of hydrogen-bond acceptors (Lipinski definition) is 3. The zero-order valence-corrected chi connectivity index (χ0v) is 10.8. The van der Waals surface area contributed by atoms with Crippen LogP contribution in [-0.2, 0) is 13.2 Å². The van der Waals surface area contributed by atoms with Gasteiger partial charge in [0.05, 0.1) is 18.9 Å². The highest BCUT2D eigenvalue weighted by Gasteiger charge is 2.03. The summed E-state index contributed by atoms with van der Waals surface area (Å²) >= 11 is 0. The molecule has 1 aromatic heterocycles. The van der Waals surface area contributed by atoms with E-state index in [9.17, 15) is 0 Å². The van der Waals surface area contributed by atoms with Crippen LogP contribution in [0.4, 0.5) is 0 Å². The van der Waals surface area contributed by atoms with Gasteiger partial charge in [-0.15, -0.1) is 0 Å². The van der Waals surface area contributed by atoms with Gasteiger partial charge in [-0.1, -0.05) is 30.3 Å². The Morgan fingerprint density at radius 3 is 2.83 bits per heavy atom. The van der Waals surface area contributed by atoms with Crippen molar-refractivity contribution in [3.63, 3.8) is 0 Å². The maximum atomic E-state index is 5.68. The van der Waals surface area contributed by atoms with Gasteiger partial charge in [0, 0.05) is 6.04 Å². The van der Waals surface area contributed by atoms with E-state index in [0.717, 1.165) is 17.9 Å². The monoisotopic (exact) mass is 245 g/mol. The first-order valence-electron chi connectivity index (χ1n) is 6.14. The van der Waals surface area contributed by atoms with E-state index < -0.39 is 0 Å². The van der Waals surface area contributed by atoms with Crippen molar-refractivity contribution < 1.29 is 4.74 Å². The number of aromatic nitrogens is 2. The zero-order valence-electron chi connectivity index (χ0n) is 10.8. The summed E-state index contributed by atoms with van der Waals surface area (Å²) in [7, 11) is 1.95. The van der Waals surface area contributed by atoms with Crippen LogP contribution in [0.25, 0.3) is 0 Å². The smallest absolute Gasteiger partial charge is 0.157 e. The van der Waals surface area contributed by atoms with Gasteiger partial charge in [0.25, 0.3) is 0 Å². The van der Waals surface area contributed by atoms with Gasteiger partial charge in [0.1, 0.15) is 6.61 Å². The van der Waals surface area contributed by atoms with Crippen LogP contribution in [0.5, 0.6) is 5.75 Å². The van der Waals surface area contributed by atoms with Crippen LogP contribution in [0.2, 0.25) is 0 Å². The molecule has 4 nitrogen and oxygen atoms in total. The van der Waals surface area contributed by atoms with Crippen molar-refractivity contribution in [2.24, 2.45) is 0 Å². The molecule has 0 aliphatic carbocycles. The van der Waals surface area contributed by atoms with Crippen LogP contribution < -0.4 is 10.1 Å². The SMILES string of the molecule is CNC(C)Cn1cc(OCc2ccccc2)cn1. The molecule has 0 saturated carbocycles. The minimum atomic E-state index is 0.395. The summed E-state index contributed by atoms with van der Waals surface area (Å²) in [5.74, 6) is 0.808. The summed E-state index contributed by atoms with van der Waals surface area (Å²) < 4.78 is 7.57. The van der Waals surface area contributed by atoms with Gasteiger partial charge in [0.15, 0.2) is 5.75 Å². The van der Waals surface area contributed by atoms with Crippen LogP contribution in [-0.4, -0.2) is 22.9 Å². The Morgan fingerprint density at radius 2 is 2.11 bits per heavy atom. The third-order valence-electron chi connectivity index (χ3n) is 2.81. The molecule has 1 unspecified atom stereocenters. The van der Waals surface area contributed by atoms with E-state index in [1.54, 1.807) is 6.20 Å². The van der Waals surface area contributed by atoms with Crippen molar-refractivity contribution in [2.75, 3.05) is 7.05 Å². The molecule has 1 heterocycles. The van der Waals surface area contributed by atoms with E-state index in [1.807, 2.05) is 48.3 Å². The molecule has 0 fully saturated rings. The molecular weight excluding hydrogens is 226 g/mol. The minimum absolute atomic E-state index is 0.395. The molecule has 0 saturated heterocycles. The molecule has 0 spiro atoms. The van der Waals surface area contributed by atoms with Crippen molar-refractivity contribution in [1.82, 2.24) is 15.1 Å². The van der Waals surface area contributed by atoms with E-state index in [4.69, 9.17) is 4.74 Å². The van der Waals surface area contributed by atoms with Gasteiger partial charge >= 0.3 is 0 Å². The average molecular weight is 245 g/mol. The molecule has 96 valence electrons. The van der Waals surface area contributed by atoms with Gasteiger partial charge in [0.2, 0.25) is 0 Å². The molecule has 0 amide bonds. The van der Waals surface area contributed by atoms with E-state index >= 15 is 0 Å². The summed E-state index contributed by atoms with van der Waals surface area (Å²) in [6.45, 7) is 3.53. The number of ether oxygens (including phenoxy) is 1. The van der Waals surface area contributed by atoms with Crippen molar-refractivity contribution in [3.8, 4) is 5.75 Å². The quantitative estimate of drug-likeness (QED) is 0.846. The summed E-state index contributed by atoms with van der Waals surface area (Å²) in [4.78, 5) is 0. The predicted octanol–water partition coefficient (Wildman–Crippen LogP) is 2.07. The highest BCUT2D eigenvalue weighted by Crippen LogP contribution is 2.11. The number of hydrogen-bond donors (Lipinski definition) is 1. The maximum absolute atomic E-state index is 5.68. The fourth-order valence-electron chi connectivity index (χ4n) is 1.63. The topological polar surface area (TPSA) is 39.1 Å². The molecule has 1 N–H and O–H groups in total. The van der Waals surface area contributed by atoms with E-state index in [2.05, 4.69) is 17.3 Å². The molecule has 18 heavy (non-hydrogen) atoms. The molecule has 0 aliphatic rings. The van der Waals surface area contributed by atoms with Crippen LogP contribution >= 0.6 is 0 Å². The van der Waals surface area contributed by atoms with Gasteiger partial charge in [-0.25, -0.2) is 0 Å². The summed E-state index contributed by atoms with van der Waals surface area (Å²) in [5.41, 5.74) is 1.16. The lowest BCUT2D eigenvalue weighted by atomic mass is 10.2. The zero-order chi connectivity index (χ0) is 12.8. The van der Waals surface area contributed by atoms with Crippen LogP contribution in [0, 0.1) is 0 Å². The highest BCUT2D eigenvalue weighted by atomic mass is 16.5. The van der Waals surface area contributed by atoms with Gasteiger partial charge in [-0.05, 0) is 19.5 Å². The van der Waals surface area contributed by atoms with Crippen molar-refractivity contribution in [1.29, 1.82) is 0 Å². The Hall–Kier alpha value is -1.81. The van der Waals surface area contributed by atoms with E-state index in [0.29, 0.717) is 12.6 Å². The Labute approximate surface area is 108 Å². The molecule has 2 aromatic rings. The third-order valence-corrected chi connectivity index (χ3v) is 2.81. The second-order valence-corrected chi connectivity index (χ2v) is 4.36. The third kappa shape index (κ3) is 3.60. The van der Waals surface area contributed by atoms with Gasteiger partial charge in [-0.2, -0.15) is 5.10 Å². The highest BCUT2D eigenvalue weighted by molar-refractivity contribution is 5.16. The molecule has 1 aromatic carbocycles. The van der Waals surface area contributed by atoms with Gasteiger partial charge in [-0.3, -0.25) is 4.68 Å². The first-order valence-corrected chi connectivity index (χ1v) is 6.14. The first kappa shape index (κ1) is 12.6. The van der Waals surface area contributed by atoms with Crippen molar-refractivity contribution in [2.45, 2.75) is 26.1 Å². The normalized spacial score (nSPS) is 12.3. The number of nitrogens with zero attached hydrogens (tertiary/aromatic N) is 2. The largest absolute Gasteiger partial charge is 0.486 e. The van der Waals surface area contributed by atoms with Crippen molar-refractivity contribution in [3.05, 3.63) is 48.3 Å². The fraction of sp³-hybridized carbons (Fsp3) is 0.357. The summed E-state index contributed by atoms with van der Waals surface area (Å²) in [5, 5.41) is 7.45. The lowest BCUT2D eigenvalue weighted by molar-refractivity contribution is 0.305. The Bertz CT molecular complexity index is 467. The van der Waals surface area contributed by atoms with Gasteiger partial charge < -0.3 is 10.1 Å².